The highest BCUT2D eigenvalue weighted by Crippen LogP contribution is 2.66. The number of rotatable bonds is 3. The topological polar surface area (TPSA) is 27.1 Å². The zero-order valence-electron chi connectivity index (χ0n) is 28.0. The van der Waals surface area contributed by atoms with Crippen molar-refractivity contribution in [3.8, 4) is 39.6 Å². The van der Waals surface area contributed by atoms with Crippen LogP contribution in [0.15, 0.2) is 150 Å². The summed E-state index contributed by atoms with van der Waals surface area (Å²) >= 11 is 3.68. The molecule has 2 aliphatic carbocycles. The van der Waals surface area contributed by atoms with Crippen LogP contribution >= 0.6 is 15.9 Å². The van der Waals surface area contributed by atoms with E-state index in [1.54, 1.807) is 0 Å². The van der Waals surface area contributed by atoms with Crippen molar-refractivity contribution in [3.05, 3.63) is 178 Å². The van der Waals surface area contributed by atoms with E-state index in [1.165, 1.54) is 55.3 Å². The fourth-order valence-corrected chi connectivity index (χ4v) is 9.07. The van der Waals surface area contributed by atoms with Crippen LogP contribution in [-0.4, -0.2) is 9.55 Å². The highest BCUT2D eigenvalue weighted by atomic mass is 79.9. The third kappa shape index (κ3) is 3.94. The number of para-hydroxylation sites is 1. The van der Waals surface area contributed by atoms with Crippen molar-refractivity contribution in [1.82, 2.24) is 9.55 Å². The number of hydrogen-bond acceptors (Lipinski definition) is 2. The molecule has 0 saturated carbocycles. The predicted molar refractivity (Wildman–Crippen MR) is 208 cm³/mol. The van der Waals surface area contributed by atoms with Crippen molar-refractivity contribution in [2.24, 2.45) is 0 Å². The second-order valence-corrected chi connectivity index (χ2v) is 15.4. The number of benzene rings is 6. The lowest BCUT2D eigenvalue weighted by Gasteiger charge is -2.31. The zero-order valence-corrected chi connectivity index (χ0v) is 29.6. The van der Waals surface area contributed by atoms with Crippen LogP contribution in [0, 0.1) is 0 Å². The largest absolute Gasteiger partial charge is 0.457 e. The van der Waals surface area contributed by atoms with Gasteiger partial charge in [0, 0.05) is 33.1 Å². The highest BCUT2D eigenvalue weighted by molar-refractivity contribution is 9.10. The third-order valence-corrected chi connectivity index (χ3v) is 11.2. The molecule has 0 amide bonds. The maximum absolute atomic E-state index is 7.05. The van der Waals surface area contributed by atoms with E-state index in [4.69, 9.17) is 9.72 Å². The summed E-state index contributed by atoms with van der Waals surface area (Å²) in [6.45, 7) is 6.76. The van der Waals surface area contributed by atoms with Gasteiger partial charge in [0.05, 0.1) is 16.4 Å². The van der Waals surface area contributed by atoms with E-state index in [-0.39, 0.29) is 5.41 Å². The summed E-state index contributed by atoms with van der Waals surface area (Å²) in [7, 11) is 0. The average molecular weight is 710 g/mol. The molecule has 10 rings (SSSR count). The minimum atomic E-state index is -0.552. The number of pyridine rings is 1. The fraction of sp³-hybridized carbons (Fsp3) is 0.109. The number of fused-ring (bicyclic) bond motifs is 14. The molecule has 0 fully saturated rings. The van der Waals surface area contributed by atoms with Crippen LogP contribution in [0.1, 0.15) is 48.6 Å². The van der Waals surface area contributed by atoms with Gasteiger partial charge in [0.1, 0.15) is 17.3 Å². The molecule has 2 aromatic heterocycles. The smallest absolute Gasteiger partial charge is 0.137 e. The molecule has 240 valence electrons. The van der Waals surface area contributed by atoms with Gasteiger partial charge < -0.3 is 4.74 Å². The molecule has 2 aliphatic rings. The Morgan fingerprint density at radius 1 is 0.640 bits per heavy atom. The van der Waals surface area contributed by atoms with Gasteiger partial charge in [-0.05, 0) is 86.3 Å². The van der Waals surface area contributed by atoms with Crippen LogP contribution in [0.25, 0.3) is 49.9 Å². The molecule has 0 unspecified atom stereocenters. The maximum atomic E-state index is 7.05. The molecule has 4 heteroatoms. The molecular formula is C46H33BrN2O. The van der Waals surface area contributed by atoms with Crippen LogP contribution in [0.3, 0.4) is 0 Å². The zero-order chi connectivity index (χ0) is 33.8. The molecular weight excluding hydrogens is 676 g/mol. The maximum Gasteiger partial charge on any atom is 0.137 e. The molecule has 8 aromatic rings. The summed E-state index contributed by atoms with van der Waals surface area (Å²) in [5.74, 6) is 2.50. The van der Waals surface area contributed by atoms with Crippen LogP contribution in [-0.2, 0) is 10.8 Å². The molecule has 2 heterocycles. The van der Waals surface area contributed by atoms with Gasteiger partial charge in [0.15, 0.2) is 0 Å². The lowest BCUT2D eigenvalue weighted by atomic mass is 9.69. The standard InChI is InChI=1S/C46H33BrN2O/c1-45(2,3)28-23-24-48-41(25-28)49-38-22-11-7-18-34(38)42-39(49)27-40(50-30-14-12-13-29(47)26-30)43-33-17-6-10-21-37(33)46(44(42)43)35-19-8-4-15-31(35)32-16-5-9-20-36(32)46/h4-27H,1-3H3. The minimum Gasteiger partial charge on any atom is -0.457 e. The Bertz CT molecular complexity index is 2650. The number of nitrogens with zero attached hydrogens (tertiary/aromatic N) is 2. The van der Waals surface area contributed by atoms with Crippen molar-refractivity contribution >= 4 is 37.7 Å². The summed E-state index contributed by atoms with van der Waals surface area (Å²) in [6.07, 6.45) is 1.95. The molecule has 0 bridgehead atoms. The van der Waals surface area contributed by atoms with E-state index in [0.29, 0.717) is 0 Å². The first kappa shape index (κ1) is 29.5. The summed E-state index contributed by atoms with van der Waals surface area (Å²) in [5, 5.41) is 2.42. The summed E-state index contributed by atoms with van der Waals surface area (Å²) < 4.78 is 10.4. The quantitative estimate of drug-likeness (QED) is 0.183. The number of aromatic nitrogens is 2. The second kappa shape index (κ2) is 10.5. The molecule has 6 aromatic carbocycles. The summed E-state index contributed by atoms with van der Waals surface area (Å²) in [4.78, 5) is 5.03. The number of hydrogen-bond donors (Lipinski definition) is 0. The van der Waals surface area contributed by atoms with Gasteiger partial charge in [-0.25, -0.2) is 4.98 Å². The van der Waals surface area contributed by atoms with Gasteiger partial charge in [-0.2, -0.15) is 0 Å². The Hall–Kier alpha value is -5.45. The van der Waals surface area contributed by atoms with Crippen LogP contribution in [0.5, 0.6) is 11.5 Å². The first-order valence-electron chi connectivity index (χ1n) is 17.2. The van der Waals surface area contributed by atoms with E-state index in [9.17, 15) is 0 Å². The van der Waals surface area contributed by atoms with E-state index in [2.05, 4.69) is 157 Å². The van der Waals surface area contributed by atoms with E-state index in [0.717, 1.165) is 38.4 Å². The first-order chi connectivity index (χ1) is 24.4. The monoisotopic (exact) mass is 708 g/mol. The molecule has 0 N–H and O–H groups in total. The predicted octanol–water partition coefficient (Wildman–Crippen LogP) is 12.4. The van der Waals surface area contributed by atoms with Crippen LogP contribution in [0.2, 0.25) is 0 Å². The van der Waals surface area contributed by atoms with Gasteiger partial charge >= 0.3 is 0 Å². The van der Waals surface area contributed by atoms with Gasteiger partial charge in [0.2, 0.25) is 0 Å². The Morgan fingerprint density at radius 2 is 1.28 bits per heavy atom. The van der Waals surface area contributed by atoms with Crippen molar-refractivity contribution < 1.29 is 4.74 Å². The molecule has 1 spiro atoms. The highest BCUT2D eigenvalue weighted by Gasteiger charge is 2.53. The lowest BCUT2D eigenvalue weighted by Crippen LogP contribution is -2.26. The Balaban J connectivity index is 1.43. The van der Waals surface area contributed by atoms with Crippen molar-refractivity contribution in [1.29, 1.82) is 0 Å². The summed E-state index contributed by atoms with van der Waals surface area (Å²) in [6, 6.07) is 50.5. The number of ether oxygens (including phenoxy) is 1. The summed E-state index contributed by atoms with van der Waals surface area (Å²) in [5.41, 5.74) is 12.9. The average Bonchev–Trinajstić information content (AvgIpc) is 3.73. The van der Waals surface area contributed by atoms with E-state index >= 15 is 0 Å². The first-order valence-corrected chi connectivity index (χ1v) is 18.0. The van der Waals surface area contributed by atoms with Crippen molar-refractivity contribution in [3.63, 3.8) is 0 Å². The Labute approximate surface area is 300 Å². The molecule has 3 nitrogen and oxygen atoms in total. The van der Waals surface area contributed by atoms with Crippen molar-refractivity contribution in [2.75, 3.05) is 0 Å². The normalized spacial score (nSPS) is 13.8. The lowest BCUT2D eigenvalue weighted by molar-refractivity contribution is 0.484. The minimum absolute atomic E-state index is 0.0321. The fourth-order valence-electron chi connectivity index (χ4n) is 8.70. The van der Waals surface area contributed by atoms with E-state index in [1.807, 2.05) is 30.5 Å². The van der Waals surface area contributed by atoms with Crippen LogP contribution in [0.4, 0.5) is 0 Å². The third-order valence-electron chi connectivity index (χ3n) is 10.7. The molecule has 0 saturated heterocycles. The van der Waals surface area contributed by atoms with Gasteiger partial charge in [0.25, 0.3) is 0 Å². The van der Waals surface area contributed by atoms with Gasteiger partial charge in [-0.1, -0.05) is 134 Å². The molecule has 50 heavy (non-hydrogen) atoms. The van der Waals surface area contributed by atoms with Gasteiger partial charge in [-0.15, -0.1) is 0 Å². The van der Waals surface area contributed by atoms with Crippen molar-refractivity contribution in [2.45, 2.75) is 31.6 Å². The molecule has 0 radical (unpaired) electrons. The van der Waals surface area contributed by atoms with Gasteiger partial charge in [-0.3, -0.25) is 4.57 Å². The molecule has 0 aliphatic heterocycles. The van der Waals surface area contributed by atoms with E-state index < -0.39 is 5.41 Å². The second-order valence-electron chi connectivity index (χ2n) is 14.5. The SMILES string of the molecule is CC(C)(C)c1ccnc(-n2c3ccccc3c3c4c(c(Oc5cccc(Br)c5)cc32)-c2ccccc2C42c3ccccc3-c3ccccc32)c1. The van der Waals surface area contributed by atoms with Crippen LogP contribution < -0.4 is 4.74 Å². The Morgan fingerprint density at radius 3 is 1.98 bits per heavy atom. The molecule has 0 atom stereocenters. The Kier molecular flexibility index (Phi) is 6.20. The number of halogens is 1.